The number of nitrogens with zero attached hydrogens (tertiary/aromatic N) is 2. The first-order valence-corrected chi connectivity index (χ1v) is 9.58. The first kappa shape index (κ1) is 21.1. The monoisotopic (exact) mass is 407 g/mol. The van der Waals surface area contributed by atoms with Crippen molar-refractivity contribution in [2.45, 2.75) is 26.9 Å². The summed E-state index contributed by atoms with van der Waals surface area (Å²) in [4.78, 5) is 25.7. The minimum Gasteiger partial charge on any atom is -0.489 e. The summed E-state index contributed by atoms with van der Waals surface area (Å²) in [6.07, 6.45) is 0.239. The zero-order chi connectivity index (χ0) is 21.7. The van der Waals surface area contributed by atoms with E-state index in [0.717, 1.165) is 22.6 Å². The smallest absolute Gasteiger partial charge is 0.253 e. The predicted molar refractivity (Wildman–Crippen MR) is 114 cm³/mol. The van der Waals surface area contributed by atoms with Crippen molar-refractivity contribution in [3.63, 3.8) is 0 Å². The molecule has 0 radical (unpaired) electrons. The maximum atomic E-state index is 12.3. The average molecular weight is 407 g/mol. The highest BCUT2D eigenvalue weighted by Crippen LogP contribution is 2.18. The van der Waals surface area contributed by atoms with Crippen LogP contribution in [0.4, 0.5) is 5.69 Å². The molecule has 1 aromatic heterocycles. The van der Waals surface area contributed by atoms with Gasteiger partial charge in [0.2, 0.25) is 5.91 Å². The van der Waals surface area contributed by atoms with E-state index in [1.54, 1.807) is 38.4 Å². The number of nitrogens with one attached hydrogen (secondary N) is 1. The standard InChI is InChI=1S/C23H25N3O4/c1-15-21(16(2)30-25-15)14-29-20-11-5-17(6-12-20)13-22(27)24-19-9-7-18(8-10-19)23(28)26(3)4/h5-12H,13-14H2,1-4H3,(H,24,27). The summed E-state index contributed by atoms with van der Waals surface area (Å²) in [6, 6.07) is 14.2. The summed E-state index contributed by atoms with van der Waals surface area (Å²) in [5, 5.41) is 6.76. The normalized spacial score (nSPS) is 10.5. The number of carbonyl (C=O) groups is 2. The second kappa shape index (κ2) is 9.26. The molecule has 1 heterocycles. The lowest BCUT2D eigenvalue weighted by Gasteiger charge is -2.11. The average Bonchev–Trinajstić information content (AvgIpc) is 3.05. The molecule has 2 amide bonds. The number of aryl methyl sites for hydroxylation is 2. The van der Waals surface area contributed by atoms with Gasteiger partial charge in [0.25, 0.3) is 5.91 Å². The van der Waals surface area contributed by atoms with Crippen LogP contribution in [0, 0.1) is 13.8 Å². The van der Waals surface area contributed by atoms with Crippen LogP contribution in [0.1, 0.15) is 32.9 Å². The molecule has 0 saturated heterocycles. The van der Waals surface area contributed by atoms with Crippen LogP contribution >= 0.6 is 0 Å². The van der Waals surface area contributed by atoms with Gasteiger partial charge in [-0.15, -0.1) is 0 Å². The number of rotatable bonds is 7. The van der Waals surface area contributed by atoms with Crippen molar-refractivity contribution in [2.75, 3.05) is 19.4 Å². The number of benzene rings is 2. The maximum Gasteiger partial charge on any atom is 0.253 e. The quantitative estimate of drug-likeness (QED) is 0.645. The third-order valence-electron chi connectivity index (χ3n) is 4.67. The summed E-state index contributed by atoms with van der Waals surface area (Å²) in [5.41, 5.74) is 3.85. The topological polar surface area (TPSA) is 84.7 Å². The van der Waals surface area contributed by atoms with Gasteiger partial charge in [-0.3, -0.25) is 9.59 Å². The van der Waals surface area contributed by atoms with Crippen LogP contribution in [0.3, 0.4) is 0 Å². The van der Waals surface area contributed by atoms with E-state index in [2.05, 4.69) is 10.5 Å². The molecule has 0 aliphatic heterocycles. The molecule has 0 aliphatic rings. The van der Waals surface area contributed by atoms with Gasteiger partial charge in [-0.05, 0) is 55.8 Å². The Morgan fingerprint density at radius 1 is 1.03 bits per heavy atom. The van der Waals surface area contributed by atoms with E-state index in [-0.39, 0.29) is 18.2 Å². The van der Waals surface area contributed by atoms with E-state index in [1.165, 1.54) is 4.90 Å². The molecule has 0 spiro atoms. The van der Waals surface area contributed by atoms with Gasteiger partial charge in [-0.2, -0.15) is 0 Å². The Morgan fingerprint density at radius 3 is 2.27 bits per heavy atom. The van der Waals surface area contributed by atoms with Crippen LogP contribution in [0.2, 0.25) is 0 Å². The Labute approximate surface area is 175 Å². The number of carbonyl (C=O) groups excluding carboxylic acids is 2. The van der Waals surface area contributed by atoms with Crippen LogP contribution in [0.15, 0.2) is 53.1 Å². The summed E-state index contributed by atoms with van der Waals surface area (Å²) in [6.45, 7) is 4.12. The molecular formula is C23H25N3O4. The first-order chi connectivity index (χ1) is 14.3. The Kier molecular flexibility index (Phi) is 6.51. The molecule has 0 bridgehead atoms. The van der Waals surface area contributed by atoms with Gasteiger partial charge in [0.05, 0.1) is 17.7 Å². The molecule has 7 heteroatoms. The molecule has 0 aliphatic carbocycles. The third kappa shape index (κ3) is 5.26. The van der Waals surface area contributed by atoms with Crippen LogP contribution in [-0.2, 0) is 17.8 Å². The summed E-state index contributed by atoms with van der Waals surface area (Å²) in [7, 11) is 3.40. The number of amides is 2. The van der Waals surface area contributed by atoms with Crippen molar-refractivity contribution < 1.29 is 18.8 Å². The molecule has 7 nitrogen and oxygen atoms in total. The molecular weight excluding hydrogens is 382 g/mol. The van der Waals surface area contributed by atoms with Crippen molar-refractivity contribution in [2.24, 2.45) is 0 Å². The van der Waals surface area contributed by atoms with E-state index in [9.17, 15) is 9.59 Å². The second-order valence-corrected chi connectivity index (χ2v) is 7.24. The molecule has 0 atom stereocenters. The van der Waals surface area contributed by atoms with Crippen LogP contribution in [0.25, 0.3) is 0 Å². The summed E-state index contributed by atoms with van der Waals surface area (Å²) in [5.74, 6) is 1.25. The lowest BCUT2D eigenvalue weighted by molar-refractivity contribution is -0.115. The molecule has 156 valence electrons. The maximum absolute atomic E-state index is 12.3. The molecule has 30 heavy (non-hydrogen) atoms. The van der Waals surface area contributed by atoms with Gasteiger partial charge in [-0.1, -0.05) is 17.3 Å². The Balaban J connectivity index is 1.52. The second-order valence-electron chi connectivity index (χ2n) is 7.24. The molecule has 3 rings (SSSR count). The van der Waals surface area contributed by atoms with Crippen molar-refractivity contribution in [1.29, 1.82) is 0 Å². The fraction of sp³-hybridized carbons (Fsp3) is 0.261. The number of anilines is 1. The molecule has 0 fully saturated rings. The SMILES string of the molecule is Cc1noc(C)c1COc1ccc(CC(=O)Nc2ccc(C(=O)N(C)C)cc2)cc1. The molecule has 3 aromatic rings. The third-order valence-corrected chi connectivity index (χ3v) is 4.67. The van der Waals surface area contributed by atoms with Crippen molar-refractivity contribution in [3.8, 4) is 5.75 Å². The molecule has 0 saturated carbocycles. The van der Waals surface area contributed by atoms with E-state index in [4.69, 9.17) is 9.26 Å². The minimum atomic E-state index is -0.133. The largest absolute Gasteiger partial charge is 0.489 e. The van der Waals surface area contributed by atoms with Gasteiger partial charge in [0.15, 0.2) is 0 Å². The lowest BCUT2D eigenvalue weighted by atomic mass is 10.1. The zero-order valence-corrected chi connectivity index (χ0v) is 17.6. The van der Waals surface area contributed by atoms with Gasteiger partial charge in [-0.25, -0.2) is 0 Å². The van der Waals surface area contributed by atoms with Gasteiger partial charge < -0.3 is 19.5 Å². The zero-order valence-electron chi connectivity index (χ0n) is 17.6. The Bertz CT molecular complexity index is 1000. The summed E-state index contributed by atoms with van der Waals surface area (Å²) < 4.78 is 10.9. The Hall–Kier alpha value is -3.61. The highest BCUT2D eigenvalue weighted by molar-refractivity contribution is 5.96. The number of ether oxygens (including phenoxy) is 1. The van der Waals surface area contributed by atoms with Crippen molar-refractivity contribution >= 4 is 17.5 Å². The van der Waals surface area contributed by atoms with Gasteiger partial charge in [0, 0.05) is 25.3 Å². The molecule has 2 aromatic carbocycles. The predicted octanol–water partition coefficient (Wildman–Crippen LogP) is 3.75. The lowest BCUT2D eigenvalue weighted by Crippen LogP contribution is -2.21. The fourth-order valence-corrected chi connectivity index (χ4v) is 2.91. The summed E-state index contributed by atoms with van der Waals surface area (Å²) >= 11 is 0. The Morgan fingerprint density at radius 2 is 1.70 bits per heavy atom. The number of hydrogen-bond donors (Lipinski definition) is 1. The van der Waals surface area contributed by atoms with E-state index in [1.807, 2.05) is 38.1 Å². The highest BCUT2D eigenvalue weighted by atomic mass is 16.5. The first-order valence-electron chi connectivity index (χ1n) is 9.58. The minimum absolute atomic E-state index is 0.0791. The van der Waals surface area contributed by atoms with Crippen LogP contribution < -0.4 is 10.1 Å². The number of hydrogen-bond acceptors (Lipinski definition) is 5. The van der Waals surface area contributed by atoms with Gasteiger partial charge in [0.1, 0.15) is 18.1 Å². The number of aromatic nitrogens is 1. The van der Waals surface area contributed by atoms with E-state index in [0.29, 0.717) is 23.6 Å². The van der Waals surface area contributed by atoms with E-state index < -0.39 is 0 Å². The van der Waals surface area contributed by atoms with Crippen molar-refractivity contribution in [1.82, 2.24) is 10.1 Å². The van der Waals surface area contributed by atoms with Crippen molar-refractivity contribution in [3.05, 3.63) is 76.7 Å². The molecule has 0 unspecified atom stereocenters. The van der Waals surface area contributed by atoms with Crippen LogP contribution in [0.5, 0.6) is 5.75 Å². The fourth-order valence-electron chi connectivity index (χ4n) is 2.91. The van der Waals surface area contributed by atoms with Crippen LogP contribution in [-0.4, -0.2) is 36.0 Å². The van der Waals surface area contributed by atoms with E-state index >= 15 is 0 Å². The highest BCUT2D eigenvalue weighted by Gasteiger charge is 2.11. The molecule has 1 N–H and O–H groups in total. The van der Waals surface area contributed by atoms with Gasteiger partial charge >= 0.3 is 0 Å².